The fourth-order valence-corrected chi connectivity index (χ4v) is 3.18. The van der Waals surface area contributed by atoms with E-state index in [1.54, 1.807) is 11.1 Å². The molecule has 2 heterocycles. The van der Waals surface area contributed by atoms with Crippen LogP contribution in [0.5, 0.6) is 0 Å². The van der Waals surface area contributed by atoms with Gasteiger partial charge in [0, 0.05) is 0 Å². The SMILES string of the molecule is CC[C@H]1CCc2ccccc21.Nc1ncnc2[nH]c(C(F)(F)F)cc12. The summed E-state index contributed by atoms with van der Waals surface area (Å²) >= 11 is 0. The third-order valence-corrected chi connectivity index (χ3v) is 4.51. The van der Waals surface area contributed by atoms with Crippen molar-refractivity contribution in [1.29, 1.82) is 0 Å². The Hall–Kier alpha value is -2.57. The molecule has 1 atom stereocenters. The fraction of sp³-hybridized carbons (Fsp3) is 0.333. The van der Waals surface area contributed by atoms with Gasteiger partial charge in [-0.25, -0.2) is 9.97 Å². The Morgan fingerprint density at radius 1 is 1.24 bits per heavy atom. The quantitative estimate of drug-likeness (QED) is 0.671. The van der Waals surface area contributed by atoms with Gasteiger partial charge in [0.05, 0.1) is 5.39 Å². The summed E-state index contributed by atoms with van der Waals surface area (Å²) in [6.07, 6.45) is 0.656. The molecule has 0 spiro atoms. The maximum atomic E-state index is 12.2. The van der Waals surface area contributed by atoms with Crippen LogP contribution >= 0.6 is 0 Å². The first kappa shape index (κ1) is 17.3. The lowest BCUT2D eigenvalue weighted by atomic mass is 9.99. The van der Waals surface area contributed by atoms with Crippen LogP contribution in [-0.4, -0.2) is 15.0 Å². The minimum absolute atomic E-state index is 0.0294. The second-order valence-electron chi connectivity index (χ2n) is 6.04. The Morgan fingerprint density at radius 3 is 2.68 bits per heavy atom. The maximum absolute atomic E-state index is 12.2. The molecular weight excluding hydrogens is 329 g/mol. The van der Waals surface area contributed by atoms with E-state index in [1.165, 1.54) is 19.3 Å². The normalized spacial score (nSPS) is 16.4. The first-order valence-electron chi connectivity index (χ1n) is 8.14. The summed E-state index contributed by atoms with van der Waals surface area (Å²) in [6, 6.07) is 9.76. The molecule has 3 aromatic rings. The number of hydrogen-bond donors (Lipinski definition) is 2. The van der Waals surface area contributed by atoms with E-state index in [0.29, 0.717) is 0 Å². The standard InChI is InChI=1S/C11H14.C7H5F3N4/c1-2-9-7-8-10-5-3-4-6-11(9)10;8-7(9,10)4-1-3-5(11)12-2-13-6(3)14-4/h3-6,9H,2,7-8H2,1H3;1-2H,(H3,11,12,13,14)/t9-;/m0./s1. The first-order valence-corrected chi connectivity index (χ1v) is 8.14. The molecule has 25 heavy (non-hydrogen) atoms. The molecular formula is C18H19F3N4. The fourth-order valence-electron chi connectivity index (χ4n) is 3.18. The van der Waals surface area contributed by atoms with E-state index in [2.05, 4.69) is 46.1 Å². The number of halogens is 3. The van der Waals surface area contributed by atoms with Gasteiger partial charge in [-0.2, -0.15) is 13.2 Å². The van der Waals surface area contributed by atoms with Crippen molar-refractivity contribution in [2.45, 2.75) is 38.3 Å². The molecule has 0 saturated carbocycles. The number of nitrogens with zero attached hydrogens (tertiary/aromatic N) is 2. The van der Waals surface area contributed by atoms with Gasteiger partial charge in [-0.1, -0.05) is 31.2 Å². The van der Waals surface area contributed by atoms with Gasteiger partial charge in [-0.05, 0) is 42.4 Å². The minimum atomic E-state index is -4.42. The van der Waals surface area contributed by atoms with E-state index in [1.807, 2.05) is 0 Å². The van der Waals surface area contributed by atoms with Gasteiger partial charge in [0.15, 0.2) is 0 Å². The Morgan fingerprint density at radius 2 is 2.00 bits per heavy atom. The van der Waals surface area contributed by atoms with E-state index < -0.39 is 11.9 Å². The van der Waals surface area contributed by atoms with Gasteiger partial charge in [0.1, 0.15) is 23.5 Å². The van der Waals surface area contributed by atoms with Crippen molar-refractivity contribution in [3.63, 3.8) is 0 Å². The third-order valence-electron chi connectivity index (χ3n) is 4.51. The number of aromatic amines is 1. The molecule has 0 aliphatic heterocycles. The molecule has 0 bridgehead atoms. The first-order chi connectivity index (χ1) is 11.9. The number of alkyl halides is 3. The van der Waals surface area contributed by atoms with Gasteiger partial charge >= 0.3 is 6.18 Å². The number of rotatable bonds is 1. The molecule has 2 aromatic heterocycles. The lowest BCUT2D eigenvalue weighted by Crippen LogP contribution is -2.04. The number of nitrogen functional groups attached to an aromatic ring is 1. The van der Waals surface area contributed by atoms with Gasteiger partial charge < -0.3 is 10.7 Å². The average molecular weight is 348 g/mol. The lowest BCUT2D eigenvalue weighted by molar-refractivity contribution is -0.140. The number of nitrogens with one attached hydrogen (secondary N) is 1. The highest BCUT2D eigenvalue weighted by molar-refractivity contribution is 5.86. The van der Waals surface area contributed by atoms with Crippen molar-refractivity contribution in [2.24, 2.45) is 0 Å². The van der Waals surface area contributed by atoms with E-state index in [9.17, 15) is 13.2 Å². The highest BCUT2D eigenvalue weighted by Crippen LogP contribution is 2.34. The van der Waals surface area contributed by atoms with Crippen LogP contribution in [0.3, 0.4) is 0 Å². The smallest absolute Gasteiger partial charge is 0.383 e. The van der Waals surface area contributed by atoms with Gasteiger partial charge in [-0.3, -0.25) is 0 Å². The van der Waals surface area contributed by atoms with E-state index in [4.69, 9.17) is 5.73 Å². The van der Waals surface area contributed by atoms with Crippen LogP contribution in [0.25, 0.3) is 11.0 Å². The molecule has 1 aromatic carbocycles. The van der Waals surface area contributed by atoms with Gasteiger partial charge in [0.2, 0.25) is 0 Å². The molecule has 1 aliphatic rings. The molecule has 0 saturated heterocycles. The van der Waals surface area contributed by atoms with Crippen LogP contribution in [0.1, 0.15) is 42.5 Å². The number of hydrogen-bond acceptors (Lipinski definition) is 3. The van der Waals surface area contributed by atoms with E-state index in [0.717, 1.165) is 18.3 Å². The van der Waals surface area contributed by atoms with E-state index in [-0.39, 0.29) is 16.9 Å². The van der Waals surface area contributed by atoms with Crippen LogP contribution in [-0.2, 0) is 12.6 Å². The summed E-state index contributed by atoms with van der Waals surface area (Å²) in [5.74, 6) is 0.882. The molecule has 4 nitrogen and oxygen atoms in total. The Bertz CT molecular complexity index is 870. The molecule has 132 valence electrons. The summed E-state index contributed by atoms with van der Waals surface area (Å²) in [5.41, 5.74) is 7.78. The number of nitrogens with two attached hydrogens (primary N) is 1. The second-order valence-corrected chi connectivity index (χ2v) is 6.04. The van der Waals surface area contributed by atoms with Crippen molar-refractivity contribution in [1.82, 2.24) is 15.0 Å². The topological polar surface area (TPSA) is 67.6 Å². The summed E-state index contributed by atoms with van der Waals surface area (Å²) < 4.78 is 36.7. The molecule has 0 radical (unpaired) electrons. The van der Waals surface area contributed by atoms with Crippen LogP contribution in [0.4, 0.5) is 19.0 Å². The predicted molar refractivity (Wildman–Crippen MR) is 91.1 cm³/mol. The number of H-pyrrole nitrogens is 1. The lowest BCUT2D eigenvalue weighted by Gasteiger charge is -2.06. The zero-order chi connectivity index (χ0) is 18.0. The largest absolute Gasteiger partial charge is 0.431 e. The molecule has 1 aliphatic carbocycles. The number of aromatic nitrogens is 3. The Kier molecular flexibility index (Phi) is 4.65. The molecule has 4 rings (SSSR count). The Labute approximate surface area is 143 Å². The average Bonchev–Trinajstić information content (AvgIpc) is 3.20. The minimum Gasteiger partial charge on any atom is -0.383 e. The van der Waals surface area contributed by atoms with Crippen LogP contribution < -0.4 is 5.73 Å². The number of benzene rings is 1. The van der Waals surface area contributed by atoms with Gasteiger partial charge in [-0.15, -0.1) is 0 Å². The highest BCUT2D eigenvalue weighted by Gasteiger charge is 2.33. The van der Waals surface area contributed by atoms with Crippen molar-refractivity contribution < 1.29 is 13.2 Å². The molecule has 0 amide bonds. The summed E-state index contributed by atoms with van der Waals surface area (Å²) in [7, 11) is 0. The second kappa shape index (κ2) is 6.74. The maximum Gasteiger partial charge on any atom is 0.431 e. The van der Waals surface area contributed by atoms with E-state index >= 15 is 0 Å². The van der Waals surface area contributed by atoms with Crippen molar-refractivity contribution in [3.05, 3.63) is 53.5 Å². The molecule has 3 N–H and O–H groups in total. The summed E-state index contributed by atoms with van der Waals surface area (Å²) in [6.45, 7) is 2.28. The molecule has 0 unspecified atom stereocenters. The van der Waals surface area contributed by atoms with Crippen molar-refractivity contribution in [3.8, 4) is 0 Å². The summed E-state index contributed by atoms with van der Waals surface area (Å²) in [5, 5.41) is 0.180. The molecule has 7 heteroatoms. The van der Waals surface area contributed by atoms with Crippen LogP contribution in [0, 0.1) is 0 Å². The molecule has 0 fully saturated rings. The van der Waals surface area contributed by atoms with Crippen molar-refractivity contribution >= 4 is 16.9 Å². The third kappa shape index (κ3) is 3.60. The summed E-state index contributed by atoms with van der Waals surface area (Å²) in [4.78, 5) is 9.33. The number of anilines is 1. The zero-order valence-corrected chi connectivity index (χ0v) is 13.8. The zero-order valence-electron chi connectivity index (χ0n) is 13.8. The highest BCUT2D eigenvalue weighted by atomic mass is 19.4. The van der Waals surface area contributed by atoms with Crippen LogP contribution in [0.2, 0.25) is 0 Å². The predicted octanol–water partition coefficient (Wildman–Crippen LogP) is 4.69. The number of aryl methyl sites for hydroxylation is 1. The van der Waals surface area contributed by atoms with Gasteiger partial charge in [0.25, 0.3) is 0 Å². The Balaban J connectivity index is 0.000000150. The van der Waals surface area contributed by atoms with Crippen LogP contribution in [0.15, 0.2) is 36.7 Å². The monoisotopic (exact) mass is 348 g/mol. The van der Waals surface area contributed by atoms with Crippen molar-refractivity contribution in [2.75, 3.05) is 5.73 Å². The number of fused-ring (bicyclic) bond motifs is 2.